The zero-order valence-corrected chi connectivity index (χ0v) is 36.0. The van der Waals surface area contributed by atoms with Gasteiger partial charge in [0, 0.05) is 35.9 Å². The molecule has 3 aromatic rings. The topological polar surface area (TPSA) is 6.48 Å². The summed E-state index contributed by atoms with van der Waals surface area (Å²) in [5.41, 5.74) is 12.8. The molecule has 3 aromatic carbocycles. The molecule has 0 amide bonds. The Morgan fingerprint density at radius 1 is 0.828 bits per heavy atom. The number of anilines is 1. The van der Waals surface area contributed by atoms with E-state index in [9.17, 15) is 0 Å². The Kier molecular flexibility index (Phi) is 12.6. The second-order valence-electron chi connectivity index (χ2n) is 17.7. The van der Waals surface area contributed by atoms with Gasteiger partial charge in [-0.25, -0.2) is 0 Å². The molecule has 0 radical (unpaired) electrons. The average Bonchev–Trinajstić information content (AvgIpc) is 3.62. The van der Waals surface area contributed by atoms with Gasteiger partial charge in [-0.3, -0.25) is 0 Å². The Morgan fingerprint density at radius 3 is 2.40 bits per heavy atom. The van der Waals surface area contributed by atoms with Crippen LogP contribution >= 0.6 is 0 Å². The van der Waals surface area contributed by atoms with E-state index >= 15 is 0 Å². The van der Waals surface area contributed by atoms with E-state index < -0.39 is 0 Å². The molecule has 0 spiro atoms. The Balaban J connectivity index is 1.06. The molecule has 2 nitrogen and oxygen atoms in total. The maximum Gasteiger partial charge on any atom is 0.0529 e. The number of benzene rings is 3. The van der Waals surface area contributed by atoms with E-state index in [1.165, 1.54) is 103 Å². The minimum absolute atomic E-state index is 0.224. The third-order valence-electron chi connectivity index (χ3n) is 14.6. The molecule has 1 saturated carbocycles. The first kappa shape index (κ1) is 40.2. The Morgan fingerprint density at radius 2 is 1.64 bits per heavy atom. The van der Waals surface area contributed by atoms with Gasteiger partial charge in [0.1, 0.15) is 0 Å². The predicted molar refractivity (Wildman–Crippen MR) is 249 cm³/mol. The zero-order chi connectivity index (χ0) is 40.1. The predicted octanol–water partition coefficient (Wildman–Crippen LogP) is 14.5. The molecule has 302 valence electrons. The van der Waals surface area contributed by atoms with Crippen LogP contribution in [0.1, 0.15) is 121 Å². The van der Waals surface area contributed by atoms with Crippen LogP contribution < -0.4 is 4.90 Å². The summed E-state index contributed by atoms with van der Waals surface area (Å²) in [5, 5.41) is 0. The molecule has 0 saturated heterocycles. The van der Waals surface area contributed by atoms with Gasteiger partial charge in [-0.1, -0.05) is 167 Å². The van der Waals surface area contributed by atoms with Crippen LogP contribution in [-0.2, 0) is 5.41 Å². The largest absolute Gasteiger partial charge is 0.365 e. The highest BCUT2D eigenvalue weighted by atomic mass is 15.2. The minimum Gasteiger partial charge on any atom is -0.365 e. The third kappa shape index (κ3) is 7.24. The van der Waals surface area contributed by atoms with Crippen LogP contribution in [0.5, 0.6) is 0 Å². The second kappa shape index (κ2) is 18.1. The summed E-state index contributed by atoms with van der Waals surface area (Å²) < 4.78 is 0. The fraction of sp³-hybridized carbons (Fsp3) is 0.429. The van der Waals surface area contributed by atoms with Crippen LogP contribution in [0.4, 0.5) is 5.69 Å². The monoisotopic (exact) mass is 769 g/mol. The maximum atomic E-state index is 4.40. The van der Waals surface area contributed by atoms with E-state index in [2.05, 4.69) is 178 Å². The molecular weight excluding hydrogens is 701 g/mol. The van der Waals surface area contributed by atoms with Crippen LogP contribution in [0, 0.1) is 17.8 Å². The number of allylic oxidation sites excluding steroid dienone is 9. The van der Waals surface area contributed by atoms with Crippen molar-refractivity contribution in [3.63, 3.8) is 0 Å². The molecule has 4 aliphatic carbocycles. The molecule has 7 unspecified atom stereocenters. The zero-order valence-electron chi connectivity index (χ0n) is 36.0. The summed E-state index contributed by atoms with van der Waals surface area (Å²) in [6, 6.07) is 29.6. The van der Waals surface area contributed by atoms with Crippen molar-refractivity contribution in [2.45, 2.75) is 128 Å². The summed E-state index contributed by atoms with van der Waals surface area (Å²) in [4.78, 5) is 5.57. The molecule has 8 rings (SSSR count). The molecule has 0 aromatic heterocycles. The highest BCUT2D eigenvalue weighted by molar-refractivity contribution is 5.86. The Labute approximate surface area is 351 Å². The van der Waals surface area contributed by atoms with Crippen LogP contribution in [0.2, 0.25) is 0 Å². The highest BCUT2D eigenvalue weighted by Gasteiger charge is 2.49. The number of nitrogens with zero attached hydrogens (tertiary/aromatic N) is 2. The van der Waals surface area contributed by atoms with Crippen molar-refractivity contribution in [2.24, 2.45) is 17.8 Å². The molecule has 7 atom stereocenters. The molecule has 5 aliphatic rings. The normalized spacial score (nSPS) is 26.7. The lowest BCUT2D eigenvalue weighted by molar-refractivity contribution is 0.152. The maximum absolute atomic E-state index is 4.40. The number of rotatable bonds is 15. The number of hydrogen-bond donors (Lipinski definition) is 0. The summed E-state index contributed by atoms with van der Waals surface area (Å²) in [5.74, 6) is 1.58. The molecule has 1 fully saturated rings. The first-order valence-electron chi connectivity index (χ1n) is 23.1. The van der Waals surface area contributed by atoms with Crippen molar-refractivity contribution in [3.8, 4) is 11.1 Å². The van der Waals surface area contributed by atoms with E-state index in [1.807, 2.05) is 0 Å². The van der Waals surface area contributed by atoms with Gasteiger partial charge in [0.15, 0.2) is 0 Å². The third-order valence-corrected chi connectivity index (χ3v) is 14.6. The number of fused-ring (bicyclic) bond motifs is 4. The van der Waals surface area contributed by atoms with Gasteiger partial charge >= 0.3 is 0 Å². The lowest BCUT2D eigenvalue weighted by atomic mass is 9.62. The van der Waals surface area contributed by atoms with Gasteiger partial charge in [-0.05, 0) is 129 Å². The second-order valence-corrected chi connectivity index (χ2v) is 17.7. The van der Waals surface area contributed by atoms with Crippen molar-refractivity contribution < 1.29 is 0 Å². The fourth-order valence-electron chi connectivity index (χ4n) is 12.2. The highest BCUT2D eigenvalue weighted by Crippen LogP contribution is 2.58. The SMILES string of the molecule is C=CC1=C(/C=C\C)C2CCC(C3=CC=CC(N(CC)c4ccc5c(c4)-c4ccccc4C5(c4ccccc4)C4C=CC=CC4)C3)CCC2N1C(CCC)CCCCC. The summed E-state index contributed by atoms with van der Waals surface area (Å²) in [6.45, 7) is 14.6. The van der Waals surface area contributed by atoms with Crippen LogP contribution in [0.3, 0.4) is 0 Å². The van der Waals surface area contributed by atoms with Crippen molar-refractivity contribution in [1.82, 2.24) is 4.90 Å². The standard InChI is InChI=1S/C56H68N2/c1-6-11-14-29-45(22-7-2)58-54(9-4)49(23-8-3)50-36-33-41(34-38-55(50)58)42-24-21-30-46(39-42)57(10-5)47-35-37-53-51(40-47)48-31-19-20-32-52(48)56(53,43-25-15-12-16-26-43)44-27-17-13-18-28-44/h8-9,12-13,15-21,23-27,30-32,35,37,40-41,44-46,50,55H,4,6-7,10-11,14,22,28-29,33-34,36,38-39H2,1-3,5H3/b23-8-. The fourth-order valence-corrected chi connectivity index (χ4v) is 12.2. The van der Waals surface area contributed by atoms with Gasteiger partial charge in [-0.15, -0.1) is 0 Å². The average molecular weight is 769 g/mol. The summed E-state index contributed by atoms with van der Waals surface area (Å²) in [7, 11) is 0. The Hall–Kier alpha value is -4.56. The van der Waals surface area contributed by atoms with Gasteiger partial charge in [-0.2, -0.15) is 0 Å². The summed E-state index contributed by atoms with van der Waals surface area (Å²) in [6.07, 6.45) is 38.5. The van der Waals surface area contributed by atoms with E-state index in [1.54, 1.807) is 11.1 Å². The molecule has 0 N–H and O–H groups in total. The van der Waals surface area contributed by atoms with Crippen molar-refractivity contribution in [3.05, 3.63) is 174 Å². The van der Waals surface area contributed by atoms with E-state index in [-0.39, 0.29) is 5.41 Å². The number of hydrogen-bond acceptors (Lipinski definition) is 2. The Bertz CT molecular complexity index is 2090. The van der Waals surface area contributed by atoms with Crippen molar-refractivity contribution >= 4 is 5.69 Å². The van der Waals surface area contributed by atoms with E-state index in [0.29, 0.717) is 35.9 Å². The number of likely N-dealkylation sites (N-methyl/N-ethyl adjacent to an activating group) is 1. The van der Waals surface area contributed by atoms with Crippen LogP contribution in [-0.4, -0.2) is 29.6 Å². The van der Waals surface area contributed by atoms with Crippen molar-refractivity contribution in [1.29, 1.82) is 0 Å². The lowest BCUT2D eigenvalue weighted by Gasteiger charge is -2.40. The molecular formula is C56H68N2. The van der Waals surface area contributed by atoms with Gasteiger partial charge < -0.3 is 9.80 Å². The quantitative estimate of drug-likeness (QED) is 0.142. The molecule has 58 heavy (non-hydrogen) atoms. The van der Waals surface area contributed by atoms with Crippen LogP contribution in [0.25, 0.3) is 11.1 Å². The van der Waals surface area contributed by atoms with Gasteiger partial charge in [0.2, 0.25) is 0 Å². The number of unbranched alkanes of at least 4 members (excludes halogenated alkanes) is 2. The molecule has 2 heteroatoms. The summed E-state index contributed by atoms with van der Waals surface area (Å²) >= 11 is 0. The smallest absolute Gasteiger partial charge is 0.0529 e. The molecule has 0 bridgehead atoms. The van der Waals surface area contributed by atoms with E-state index in [4.69, 9.17) is 0 Å². The van der Waals surface area contributed by atoms with E-state index in [0.717, 1.165) is 19.4 Å². The molecule has 1 aliphatic heterocycles. The van der Waals surface area contributed by atoms with Crippen LogP contribution in [0.15, 0.2) is 157 Å². The first-order chi connectivity index (χ1) is 28.6. The van der Waals surface area contributed by atoms with Crippen molar-refractivity contribution in [2.75, 3.05) is 11.4 Å². The first-order valence-corrected chi connectivity index (χ1v) is 23.1. The molecule has 1 heterocycles. The lowest BCUT2D eigenvalue weighted by Crippen LogP contribution is -2.41. The van der Waals surface area contributed by atoms with Gasteiger partial charge in [0.25, 0.3) is 0 Å². The minimum atomic E-state index is -0.224. The van der Waals surface area contributed by atoms with Gasteiger partial charge in [0.05, 0.1) is 11.5 Å².